The summed E-state index contributed by atoms with van der Waals surface area (Å²) >= 11 is 0. The van der Waals surface area contributed by atoms with E-state index in [1.165, 1.54) is 6.39 Å². The molecule has 2 heterocycles. The van der Waals surface area contributed by atoms with Crippen molar-refractivity contribution in [2.75, 3.05) is 13.3 Å². The van der Waals surface area contributed by atoms with Crippen molar-refractivity contribution in [1.29, 1.82) is 0 Å². The Hall–Kier alpha value is -2.28. The third-order valence-electron chi connectivity index (χ3n) is 2.73. The van der Waals surface area contributed by atoms with Crippen LogP contribution >= 0.6 is 0 Å². The zero-order chi connectivity index (χ0) is 13.1. The number of aromatic nitrogens is 2. The molecule has 1 aliphatic heterocycles. The topological polar surface area (TPSA) is 92.6 Å². The average Bonchev–Trinajstić information content (AvgIpc) is 3.07. The number of rotatable bonds is 5. The van der Waals surface area contributed by atoms with E-state index < -0.39 is 0 Å². The van der Waals surface area contributed by atoms with Crippen LogP contribution in [0.3, 0.4) is 0 Å². The molecule has 7 nitrogen and oxygen atoms in total. The summed E-state index contributed by atoms with van der Waals surface area (Å²) in [5.74, 6) is 2.56. The number of fused-ring (bicyclic) bond motifs is 1. The van der Waals surface area contributed by atoms with Crippen LogP contribution in [0.1, 0.15) is 11.4 Å². The highest BCUT2D eigenvalue weighted by molar-refractivity contribution is 5.52. The van der Waals surface area contributed by atoms with E-state index in [-0.39, 0.29) is 13.4 Å². The van der Waals surface area contributed by atoms with Crippen molar-refractivity contribution in [3.63, 3.8) is 0 Å². The Morgan fingerprint density at radius 3 is 2.84 bits per heavy atom. The number of hydrogen-bond donors (Lipinski definition) is 1. The van der Waals surface area contributed by atoms with Gasteiger partial charge in [-0.1, -0.05) is 5.16 Å². The van der Waals surface area contributed by atoms with Gasteiger partial charge in [-0.3, -0.25) is 0 Å². The standard InChI is InChI=1S/C12H13N3O4/c13-2-1-8-3-10-11(18-7-17-10)4-9(8)16-5-12-14-6-19-15-12/h3-4,6H,1-2,5,7,13H2. The molecule has 100 valence electrons. The molecule has 1 aliphatic rings. The summed E-state index contributed by atoms with van der Waals surface area (Å²) < 4.78 is 21.0. The van der Waals surface area contributed by atoms with Gasteiger partial charge in [-0.05, 0) is 24.6 Å². The molecule has 2 N–H and O–H groups in total. The van der Waals surface area contributed by atoms with Crippen LogP contribution in [-0.2, 0) is 13.0 Å². The molecule has 0 saturated heterocycles. The lowest BCUT2D eigenvalue weighted by Crippen LogP contribution is -2.06. The molecule has 3 rings (SSSR count). The number of nitrogens with two attached hydrogens (primary N) is 1. The minimum absolute atomic E-state index is 0.228. The summed E-state index contributed by atoms with van der Waals surface area (Å²) in [6, 6.07) is 3.69. The first kappa shape index (κ1) is 11.8. The van der Waals surface area contributed by atoms with Crippen molar-refractivity contribution >= 4 is 0 Å². The molecule has 0 saturated carbocycles. The van der Waals surface area contributed by atoms with Crippen LogP contribution in [0.5, 0.6) is 17.2 Å². The zero-order valence-corrected chi connectivity index (χ0v) is 10.2. The molecule has 0 bridgehead atoms. The minimum atomic E-state index is 0.228. The summed E-state index contributed by atoms with van der Waals surface area (Å²) in [4.78, 5) is 3.90. The maximum absolute atomic E-state index is 5.68. The number of benzene rings is 1. The van der Waals surface area contributed by atoms with E-state index in [9.17, 15) is 0 Å². The molecule has 0 fully saturated rings. The Morgan fingerprint density at radius 2 is 2.11 bits per heavy atom. The quantitative estimate of drug-likeness (QED) is 0.855. The lowest BCUT2D eigenvalue weighted by Gasteiger charge is -2.10. The highest BCUT2D eigenvalue weighted by Crippen LogP contribution is 2.38. The summed E-state index contributed by atoms with van der Waals surface area (Å²) in [5, 5.41) is 3.69. The van der Waals surface area contributed by atoms with Gasteiger partial charge in [0, 0.05) is 6.07 Å². The van der Waals surface area contributed by atoms with Crippen LogP contribution in [0.4, 0.5) is 0 Å². The first-order valence-corrected chi connectivity index (χ1v) is 5.87. The predicted octanol–water partition coefficient (Wildman–Crippen LogP) is 0.878. The molecule has 0 unspecified atom stereocenters. The molecular weight excluding hydrogens is 250 g/mol. The largest absolute Gasteiger partial charge is 0.485 e. The van der Waals surface area contributed by atoms with Crippen LogP contribution in [-0.4, -0.2) is 23.5 Å². The Bertz CT molecular complexity index is 556. The highest BCUT2D eigenvalue weighted by atomic mass is 16.7. The SMILES string of the molecule is NCCc1cc2c(cc1OCc1ncon1)OCO2. The monoisotopic (exact) mass is 263 g/mol. The van der Waals surface area contributed by atoms with Gasteiger partial charge in [0.15, 0.2) is 18.1 Å². The average molecular weight is 263 g/mol. The summed E-state index contributed by atoms with van der Waals surface area (Å²) in [6.45, 7) is 0.984. The van der Waals surface area contributed by atoms with E-state index in [2.05, 4.69) is 14.7 Å². The number of ether oxygens (including phenoxy) is 3. The fraction of sp³-hybridized carbons (Fsp3) is 0.333. The van der Waals surface area contributed by atoms with E-state index in [1.807, 2.05) is 6.07 Å². The molecule has 0 amide bonds. The summed E-state index contributed by atoms with van der Waals surface area (Å²) in [5.41, 5.74) is 6.57. The number of hydrogen-bond acceptors (Lipinski definition) is 7. The van der Waals surface area contributed by atoms with Gasteiger partial charge in [-0.25, -0.2) is 0 Å². The molecule has 7 heteroatoms. The Kier molecular flexibility index (Phi) is 3.20. The van der Waals surface area contributed by atoms with E-state index in [1.54, 1.807) is 6.07 Å². The van der Waals surface area contributed by atoms with Gasteiger partial charge in [0.25, 0.3) is 0 Å². The second-order valence-electron chi connectivity index (χ2n) is 3.99. The molecule has 0 radical (unpaired) electrons. The fourth-order valence-electron chi connectivity index (χ4n) is 1.85. The van der Waals surface area contributed by atoms with Crippen molar-refractivity contribution in [3.05, 3.63) is 29.9 Å². The second-order valence-corrected chi connectivity index (χ2v) is 3.99. The predicted molar refractivity (Wildman–Crippen MR) is 64.0 cm³/mol. The third-order valence-corrected chi connectivity index (χ3v) is 2.73. The summed E-state index contributed by atoms with van der Waals surface area (Å²) in [7, 11) is 0. The van der Waals surface area contributed by atoms with E-state index in [0.29, 0.717) is 30.3 Å². The Balaban J connectivity index is 1.82. The van der Waals surface area contributed by atoms with Gasteiger partial charge in [-0.15, -0.1) is 0 Å². The van der Waals surface area contributed by atoms with Crippen molar-refractivity contribution in [2.24, 2.45) is 5.73 Å². The van der Waals surface area contributed by atoms with Gasteiger partial charge < -0.3 is 24.5 Å². The van der Waals surface area contributed by atoms with Crippen LogP contribution < -0.4 is 19.9 Å². The highest BCUT2D eigenvalue weighted by Gasteiger charge is 2.18. The van der Waals surface area contributed by atoms with E-state index in [0.717, 1.165) is 11.3 Å². The lowest BCUT2D eigenvalue weighted by molar-refractivity contribution is 0.173. The van der Waals surface area contributed by atoms with Gasteiger partial charge in [0.2, 0.25) is 19.0 Å². The maximum Gasteiger partial charge on any atom is 0.231 e. The molecule has 1 aromatic carbocycles. The first-order valence-electron chi connectivity index (χ1n) is 5.87. The second kappa shape index (κ2) is 5.15. The summed E-state index contributed by atoms with van der Waals surface area (Å²) in [6.07, 6.45) is 1.96. The van der Waals surface area contributed by atoms with Gasteiger partial charge in [-0.2, -0.15) is 4.98 Å². The molecule has 0 atom stereocenters. The normalized spacial score (nSPS) is 12.7. The molecular formula is C12H13N3O4. The van der Waals surface area contributed by atoms with Crippen LogP contribution in [0.25, 0.3) is 0 Å². The van der Waals surface area contributed by atoms with E-state index in [4.69, 9.17) is 19.9 Å². The van der Waals surface area contributed by atoms with Gasteiger partial charge in [0.05, 0.1) is 0 Å². The molecule has 19 heavy (non-hydrogen) atoms. The van der Waals surface area contributed by atoms with Crippen molar-refractivity contribution in [1.82, 2.24) is 10.1 Å². The minimum Gasteiger partial charge on any atom is -0.485 e. The van der Waals surface area contributed by atoms with Crippen molar-refractivity contribution in [3.8, 4) is 17.2 Å². The lowest BCUT2D eigenvalue weighted by atomic mass is 10.1. The van der Waals surface area contributed by atoms with Crippen molar-refractivity contribution in [2.45, 2.75) is 13.0 Å². The number of nitrogens with zero attached hydrogens (tertiary/aromatic N) is 2. The Morgan fingerprint density at radius 1 is 1.26 bits per heavy atom. The van der Waals surface area contributed by atoms with Gasteiger partial charge >= 0.3 is 0 Å². The zero-order valence-electron chi connectivity index (χ0n) is 10.2. The maximum atomic E-state index is 5.68. The molecule has 2 aromatic rings. The van der Waals surface area contributed by atoms with Gasteiger partial charge in [0.1, 0.15) is 5.75 Å². The smallest absolute Gasteiger partial charge is 0.231 e. The first-order chi connectivity index (χ1) is 9.36. The molecule has 1 aromatic heterocycles. The van der Waals surface area contributed by atoms with Crippen molar-refractivity contribution < 1.29 is 18.7 Å². The van der Waals surface area contributed by atoms with Crippen LogP contribution in [0.15, 0.2) is 23.0 Å². The van der Waals surface area contributed by atoms with Crippen LogP contribution in [0.2, 0.25) is 0 Å². The fourth-order valence-corrected chi connectivity index (χ4v) is 1.85. The molecule has 0 spiro atoms. The van der Waals surface area contributed by atoms with E-state index >= 15 is 0 Å². The Labute approximate surface area is 109 Å². The van der Waals surface area contributed by atoms with Crippen LogP contribution in [0, 0.1) is 0 Å². The molecule has 0 aliphatic carbocycles. The third kappa shape index (κ3) is 2.45.